The fraction of sp³-hybridized carbons (Fsp3) is 0.227. The predicted molar refractivity (Wildman–Crippen MR) is 110 cm³/mol. The first kappa shape index (κ1) is 23.0. The molecule has 3 aromatic rings. The van der Waals surface area contributed by atoms with Gasteiger partial charge in [0.1, 0.15) is 17.2 Å². The van der Waals surface area contributed by atoms with Crippen molar-refractivity contribution in [3.8, 4) is 34.1 Å². The monoisotopic (exact) mass is 447 g/mol. The van der Waals surface area contributed by atoms with Crippen molar-refractivity contribution in [2.75, 3.05) is 13.7 Å². The van der Waals surface area contributed by atoms with E-state index in [1.807, 2.05) is 0 Å². The molecular weight excluding hydrogens is 427 g/mol. The van der Waals surface area contributed by atoms with Gasteiger partial charge < -0.3 is 19.9 Å². The maximum Gasteiger partial charge on any atom is 0.573 e. The van der Waals surface area contributed by atoms with Gasteiger partial charge in [-0.2, -0.15) is 0 Å². The summed E-state index contributed by atoms with van der Waals surface area (Å²) in [6.07, 6.45) is -4.80. The second-order valence-electron chi connectivity index (χ2n) is 6.82. The van der Waals surface area contributed by atoms with Gasteiger partial charge in [0.2, 0.25) is 0 Å². The Hall–Kier alpha value is -3.66. The zero-order valence-corrected chi connectivity index (χ0v) is 17.2. The summed E-state index contributed by atoms with van der Waals surface area (Å²) >= 11 is 0. The molecule has 0 radical (unpaired) electrons. The minimum absolute atomic E-state index is 0.0386. The second kappa shape index (κ2) is 9.65. The summed E-state index contributed by atoms with van der Waals surface area (Å²) in [5.74, 6) is -0.0372. The number of carbonyl (C=O) groups is 1. The lowest BCUT2D eigenvalue weighted by molar-refractivity contribution is -0.274. The second-order valence-corrected chi connectivity index (χ2v) is 6.82. The first-order chi connectivity index (χ1) is 15.2. The van der Waals surface area contributed by atoms with Crippen LogP contribution in [0, 0.1) is 0 Å². The zero-order valence-electron chi connectivity index (χ0n) is 17.2. The number of methoxy groups -OCH3 is 1. The Kier molecular flexibility index (Phi) is 6.94. The molecule has 0 fully saturated rings. The van der Waals surface area contributed by atoms with Crippen molar-refractivity contribution in [1.29, 1.82) is 0 Å². The number of hydrogen-bond donors (Lipinski definition) is 2. The minimum Gasteiger partial charge on any atom is -0.497 e. The van der Waals surface area contributed by atoms with Crippen LogP contribution in [0.2, 0.25) is 0 Å². The van der Waals surface area contributed by atoms with Crippen LogP contribution < -0.4 is 14.8 Å². The fourth-order valence-corrected chi connectivity index (χ4v) is 2.75. The molecule has 2 N–H and O–H groups in total. The highest BCUT2D eigenvalue weighted by molar-refractivity contribution is 5.94. The molecule has 0 aliphatic heterocycles. The lowest BCUT2D eigenvalue weighted by Crippen LogP contribution is -2.35. The van der Waals surface area contributed by atoms with Crippen LogP contribution in [0.15, 0.2) is 54.6 Å². The number of aliphatic hydroxyl groups is 1. The van der Waals surface area contributed by atoms with Gasteiger partial charge in [-0.05, 0) is 61.5 Å². The zero-order chi connectivity index (χ0) is 23.3. The number of ether oxygens (including phenoxy) is 2. The average molecular weight is 447 g/mol. The molecular formula is C22H20F3N3O4. The molecule has 2 aromatic carbocycles. The molecule has 0 saturated heterocycles. The van der Waals surface area contributed by atoms with Crippen molar-refractivity contribution in [2.45, 2.75) is 19.3 Å². The van der Waals surface area contributed by atoms with Crippen molar-refractivity contribution < 1.29 is 32.5 Å². The molecule has 0 spiro atoms. The van der Waals surface area contributed by atoms with E-state index in [0.29, 0.717) is 22.6 Å². The highest BCUT2D eigenvalue weighted by atomic mass is 19.4. The standard InChI is InChI=1S/C22H20F3N3O4/c1-13(12-29)26-21(30)19-11-18(14-3-9-17(10-4-14)32-22(23,24)25)27-20(28-19)15-5-7-16(31-2)8-6-15/h3-11,13,29H,12H2,1-2H3,(H,26,30)/t13-/m0/s1. The van der Waals surface area contributed by atoms with Crippen molar-refractivity contribution in [3.05, 3.63) is 60.3 Å². The van der Waals surface area contributed by atoms with Crippen molar-refractivity contribution in [2.24, 2.45) is 0 Å². The Morgan fingerprint density at radius 2 is 1.62 bits per heavy atom. The Morgan fingerprint density at radius 3 is 2.19 bits per heavy atom. The number of alkyl halides is 3. The molecule has 0 bridgehead atoms. The normalized spacial score (nSPS) is 12.2. The van der Waals surface area contributed by atoms with E-state index in [2.05, 4.69) is 20.0 Å². The quantitative estimate of drug-likeness (QED) is 0.572. The van der Waals surface area contributed by atoms with Crippen LogP contribution in [0.3, 0.4) is 0 Å². The van der Waals surface area contributed by atoms with E-state index in [4.69, 9.17) is 4.74 Å². The van der Waals surface area contributed by atoms with Crippen LogP contribution in [0.5, 0.6) is 11.5 Å². The Labute approximate surface area is 181 Å². The van der Waals surface area contributed by atoms with E-state index in [1.165, 1.54) is 25.3 Å². The summed E-state index contributed by atoms with van der Waals surface area (Å²) in [4.78, 5) is 21.4. The molecule has 1 heterocycles. The molecule has 7 nitrogen and oxygen atoms in total. The Balaban J connectivity index is 2.02. The molecule has 0 aliphatic carbocycles. The number of halogens is 3. The summed E-state index contributed by atoms with van der Waals surface area (Å²) in [6.45, 7) is 1.37. The highest BCUT2D eigenvalue weighted by Crippen LogP contribution is 2.28. The summed E-state index contributed by atoms with van der Waals surface area (Å²) in [5, 5.41) is 11.8. The summed E-state index contributed by atoms with van der Waals surface area (Å²) in [6, 6.07) is 12.9. The highest BCUT2D eigenvalue weighted by Gasteiger charge is 2.31. The van der Waals surface area contributed by atoms with Gasteiger partial charge in [-0.25, -0.2) is 9.97 Å². The number of hydrogen-bond acceptors (Lipinski definition) is 6. The number of amides is 1. The maximum absolute atomic E-state index is 12.6. The Bertz CT molecular complexity index is 1070. The summed E-state index contributed by atoms with van der Waals surface area (Å²) < 4.78 is 46.3. The van der Waals surface area contributed by atoms with E-state index in [9.17, 15) is 23.1 Å². The van der Waals surface area contributed by atoms with Crippen LogP contribution >= 0.6 is 0 Å². The lowest BCUT2D eigenvalue weighted by Gasteiger charge is -2.13. The number of carbonyl (C=O) groups excluding carboxylic acids is 1. The topological polar surface area (TPSA) is 93.6 Å². The average Bonchev–Trinajstić information content (AvgIpc) is 2.78. The first-order valence-corrected chi connectivity index (χ1v) is 9.50. The van der Waals surface area contributed by atoms with Crippen molar-refractivity contribution in [1.82, 2.24) is 15.3 Å². The largest absolute Gasteiger partial charge is 0.573 e. The van der Waals surface area contributed by atoms with Gasteiger partial charge in [0, 0.05) is 17.2 Å². The minimum atomic E-state index is -4.80. The fourth-order valence-electron chi connectivity index (χ4n) is 2.75. The third-order valence-electron chi connectivity index (χ3n) is 4.34. The van der Waals surface area contributed by atoms with E-state index in [1.54, 1.807) is 31.2 Å². The van der Waals surface area contributed by atoms with Crippen molar-refractivity contribution in [3.63, 3.8) is 0 Å². The molecule has 168 valence electrons. The third kappa shape index (κ3) is 5.94. The molecule has 3 rings (SSSR count). The van der Waals surface area contributed by atoms with Gasteiger partial charge in [-0.3, -0.25) is 4.79 Å². The number of aliphatic hydroxyl groups excluding tert-OH is 1. The van der Waals surface area contributed by atoms with Crippen LogP contribution in [0.4, 0.5) is 13.2 Å². The van der Waals surface area contributed by atoms with Crippen LogP contribution in [-0.2, 0) is 0 Å². The van der Waals surface area contributed by atoms with Gasteiger partial charge in [0.25, 0.3) is 5.91 Å². The van der Waals surface area contributed by atoms with E-state index >= 15 is 0 Å². The smallest absolute Gasteiger partial charge is 0.497 e. The number of nitrogens with one attached hydrogen (secondary N) is 1. The van der Waals surface area contributed by atoms with Gasteiger partial charge in [0.05, 0.1) is 19.4 Å². The van der Waals surface area contributed by atoms with Crippen LogP contribution in [0.25, 0.3) is 22.6 Å². The van der Waals surface area contributed by atoms with Gasteiger partial charge in [0.15, 0.2) is 5.82 Å². The molecule has 0 saturated carbocycles. The van der Waals surface area contributed by atoms with Crippen LogP contribution in [-0.4, -0.2) is 47.1 Å². The maximum atomic E-state index is 12.6. The van der Waals surface area contributed by atoms with Gasteiger partial charge >= 0.3 is 6.36 Å². The molecule has 1 amide bonds. The third-order valence-corrected chi connectivity index (χ3v) is 4.34. The van der Waals surface area contributed by atoms with Crippen molar-refractivity contribution >= 4 is 5.91 Å². The first-order valence-electron chi connectivity index (χ1n) is 9.50. The number of benzene rings is 2. The number of nitrogens with zero attached hydrogens (tertiary/aromatic N) is 2. The molecule has 0 unspecified atom stereocenters. The number of rotatable bonds is 7. The molecule has 32 heavy (non-hydrogen) atoms. The molecule has 1 aromatic heterocycles. The van der Waals surface area contributed by atoms with E-state index in [0.717, 1.165) is 12.1 Å². The van der Waals surface area contributed by atoms with Gasteiger partial charge in [-0.1, -0.05) is 0 Å². The summed E-state index contributed by atoms with van der Waals surface area (Å²) in [7, 11) is 1.53. The SMILES string of the molecule is COc1ccc(-c2nc(C(=O)N[C@@H](C)CO)cc(-c3ccc(OC(F)(F)F)cc3)n2)cc1. The van der Waals surface area contributed by atoms with Gasteiger partial charge in [-0.15, -0.1) is 13.2 Å². The van der Waals surface area contributed by atoms with E-state index in [-0.39, 0.29) is 23.9 Å². The molecule has 1 atom stereocenters. The summed E-state index contributed by atoms with van der Waals surface area (Å²) in [5.41, 5.74) is 1.43. The predicted octanol–water partition coefficient (Wildman–Crippen LogP) is 3.83. The van der Waals surface area contributed by atoms with Crippen LogP contribution in [0.1, 0.15) is 17.4 Å². The molecule has 0 aliphatic rings. The Morgan fingerprint density at radius 1 is 1.03 bits per heavy atom. The molecule has 10 heteroatoms. The van der Waals surface area contributed by atoms with E-state index < -0.39 is 18.3 Å². The number of aromatic nitrogens is 2. The lowest BCUT2D eigenvalue weighted by atomic mass is 10.1.